The van der Waals surface area contributed by atoms with Crippen LogP contribution in [-0.2, 0) is 4.74 Å². The number of ether oxygens (including phenoxy) is 2. The van der Waals surface area contributed by atoms with Crippen molar-refractivity contribution in [2.75, 3.05) is 38.3 Å². The molecule has 16 heavy (non-hydrogen) atoms. The van der Waals surface area contributed by atoms with Crippen molar-refractivity contribution in [1.29, 1.82) is 0 Å². The highest BCUT2D eigenvalue weighted by atomic mass is 16.5. The molecule has 1 atom stereocenters. The van der Waals surface area contributed by atoms with E-state index in [-0.39, 0.29) is 6.04 Å². The second kappa shape index (κ2) is 5.18. The first-order valence-corrected chi connectivity index (χ1v) is 5.54. The molecule has 88 valence electrons. The quantitative estimate of drug-likeness (QED) is 0.824. The van der Waals surface area contributed by atoms with Crippen LogP contribution in [0.1, 0.15) is 0 Å². The summed E-state index contributed by atoms with van der Waals surface area (Å²) >= 11 is 0. The summed E-state index contributed by atoms with van der Waals surface area (Å²) in [6.45, 7) is 2.89. The van der Waals surface area contributed by atoms with E-state index >= 15 is 0 Å². The standard InChI is InChI=1S/C12H18N2O2/c1-15-12-5-3-2-4-11(12)14-6-7-16-9-10(14)8-13/h2-5,10H,6-9,13H2,1H3. The molecule has 0 aliphatic carbocycles. The zero-order chi connectivity index (χ0) is 11.4. The van der Waals surface area contributed by atoms with Gasteiger partial charge in [-0.3, -0.25) is 0 Å². The van der Waals surface area contributed by atoms with Gasteiger partial charge in [-0.2, -0.15) is 0 Å². The van der Waals surface area contributed by atoms with Gasteiger partial charge in [-0.1, -0.05) is 12.1 Å². The van der Waals surface area contributed by atoms with Crippen LogP contribution in [0.5, 0.6) is 5.75 Å². The van der Waals surface area contributed by atoms with Crippen LogP contribution >= 0.6 is 0 Å². The fourth-order valence-corrected chi connectivity index (χ4v) is 2.03. The Bertz CT molecular complexity index is 344. The number of morpholine rings is 1. The molecular formula is C12H18N2O2. The lowest BCUT2D eigenvalue weighted by Crippen LogP contribution is -2.49. The van der Waals surface area contributed by atoms with Crippen LogP contribution in [0.4, 0.5) is 5.69 Å². The number of hydrogen-bond donors (Lipinski definition) is 1. The van der Waals surface area contributed by atoms with Crippen LogP contribution in [-0.4, -0.2) is 39.5 Å². The van der Waals surface area contributed by atoms with Gasteiger partial charge in [0.25, 0.3) is 0 Å². The highest BCUT2D eigenvalue weighted by molar-refractivity contribution is 5.59. The first-order chi connectivity index (χ1) is 7.86. The third-order valence-electron chi connectivity index (χ3n) is 2.89. The maximum absolute atomic E-state index is 5.76. The first kappa shape index (κ1) is 11.2. The molecule has 0 spiro atoms. The monoisotopic (exact) mass is 222 g/mol. The summed E-state index contributed by atoms with van der Waals surface area (Å²) in [5, 5.41) is 0. The van der Waals surface area contributed by atoms with Gasteiger partial charge in [0.1, 0.15) is 5.75 Å². The molecule has 1 aromatic carbocycles. The topological polar surface area (TPSA) is 47.7 Å². The molecule has 1 fully saturated rings. The Balaban J connectivity index is 2.26. The number of nitrogens with zero attached hydrogens (tertiary/aromatic N) is 1. The number of para-hydroxylation sites is 2. The van der Waals surface area contributed by atoms with Crippen molar-refractivity contribution >= 4 is 5.69 Å². The zero-order valence-electron chi connectivity index (χ0n) is 9.56. The maximum Gasteiger partial charge on any atom is 0.142 e. The van der Waals surface area contributed by atoms with Crippen molar-refractivity contribution < 1.29 is 9.47 Å². The van der Waals surface area contributed by atoms with E-state index in [1.807, 2.05) is 18.2 Å². The molecule has 0 amide bonds. The van der Waals surface area contributed by atoms with E-state index in [1.165, 1.54) is 0 Å². The van der Waals surface area contributed by atoms with Crippen LogP contribution in [0, 0.1) is 0 Å². The van der Waals surface area contributed by atoms with Crippen LogP contribution in [0.25, 0.3) is 0 Å². The molecule has 1 unspecified atom stereocenters. The van der Waals surface area contributed by atoms with Gasteiger partial charge in [0.05, 0.1) is 32.1 Å². The number of benzene rings is 1. The second-order valence-electron chi connectivity index (χ2n) is 3.83. The minimum absolute atomic E-state index is 0.241. The molecule has 1 heterocycles. The van der Waals surface area contributed by atoms with Gasteiger partial charge in [-0.25, -0.2) is 0 Å². The van der Waals surface area contributed by atoms with Crippen LogP contribution in [0.3, 0.4) is 0 Å². The van der Waals surface area contributed by atoms with E-state index in [0.29, 0.717) is 13.2 Å². The number of methoxy groups -OCH3 is 1. The summed E-state index contributed by atoms with van der Waals surface area (Å²) in [7, 11) is 1.69. The molecule has 0 bridgehead atoms. The van der Waals surface area contributed by atoms with E-state index in [0.717, 1.165) is 24.6 Å². The van der Waals surface area contributed by atoms with E-state index in [9.17, 15) is 0 Å². The Morgan fingerprint density at radius 2 is 2.31 bits per heavy atom. The number of rotatable bonds is 3. The van der Waals surface area contributed by atoms with E-state index in [1.54, 1.807) is 7.11 Å². The molecule has 0 aromatic heterocycles. The van der Waals surface area contributed by atoms with E-state index in [4.69, 9.17) is 15.2 Å². The fourth-order valence-electron chi connectivity index (χ4n) is 2.03. The van der Waals surface area contributed by atoms with Crippen molar-refractivity contribution in [2.24, 2.45) is 5.73 Å². The molecule has 4 nitrogen and oxygen atoms in total. The average molecular weight is 222 g/mol. The molecule has 1 aliphatic heterocycles. The summed E-state index contributed by atoms with van der Waals surface area (Å²) in [5.41, 5.74) is 6.86. The molecular weight excluding hydrogens is 204 g/mol. The van der Waals surface area contributed by atoms with Crippen molar-refractivity contribution in [3.63, 3.8) is 0 Å². The number of nitrogens with two attached hydrogens (primary N) is 1. The van der Waals surface area contributed by atoms with Gasteiger partial charge < -0.3 is 20.1 Å². The Morgan fingerprint density at radius 3 is 3.06 bits per heavy atom. The molecule has 1 aliphatic rings. The lowest BCUT2D eigenvalue weighted by Gasteiger charge is -2.37. The minimum Gasteiger partial charge on any atom is -0.495 e. The molecule has 0 saturated carbocycles. The van der Waals surface area contributed by atoms with Crippen molar-refractivity contribution in [3.05, 3.63) is 24.3 Å². The summed E-state index contributed by atoms with van der Waals surface area (Å²) in [6, 6.07) is 8.26. The molecule has 2 N–H and O–H groups in total. The van der Waals surface area contributed by atoms with Crippen molar-refractivity contribution in [3.8, 4) is 5.75 Å². The summed E-state index contributed by atoms with van der Waals surface area (Å²) in [6.07, 6.45) is 0. The maximum atomic E-state index is 5.76. The van der Waals surface area contributed by atoms with Gasteiger partial charge in [0, 0.05) is 13.1 Å². The van der Waals surface area contributed by atoms with Crippen LogP contribution in [0.2, 0.25) is 0 Å². The highest BCUT2D eigenvalue weighted by Gasteiger charge is 2.23. The first-order valence-electron chi connectivity index (χ1n) is 5.54. The second-order valence-corrected chi connectivity index (χ2v) is 3.83. The smallest absolute Gasteiger partial charge is 0.142 e. The predicted molar refractivity (Wildman–Crippen MR) is 64.0 cm³/mol. The molecule has 1 saturated heterocycles. The largest absolute Gasteiger partial charge is 0.495 e. The molecule has 1 aromatic rings. The van der Waals surface area contributed by atoms with Gasteiger partial charge in [0.2, 0.25) is 0 Å². The van der Waals surface area contributed by atoms with Gasteiger partial charge >= 0.3 is 0 Å². The zero-order valence-corrected chi connectivity index (χ0v) is 9.56. The SMILES string of the molecule is COc1ccccc1N1CCOCC1CN. The molecule has 4 heteroatoms. The summed E-state index contributed by atoms with van der Waals surface area (Å²) in [5.74, 6) is 0.892. The van der Waals surface area contributed by atoms with Crippen molar-refractivity contribution in [1.82, 2.24) is 0 Å². The molecule has 2 rings (SSSR count). The third-order valence-corrected chi connectivity index (χ3v) is 2.89. The normalized spacial score (nSPS) is 20.9. The Labute approximate surface area is 95.9 Å². The highest BCUT2D eigenvalue weighted by Crippen LogP contribution is 2.29. The Morgan fingerprint density at radius 1 is 1.50 bits per heavy atom. The number of hydrogen-bond acceptors (Lipinski definition) is 4. The third kappa shape index (κ3) is 2.13. The average Bonchev–Trinajstić information content (AvgIpc) is 2.38. The number of anilines is 1. The van der Waals surface area contributed by atoms with E-state index < -0.39 is 0 Å². The van der Waals surface area contributed by atoms with E-state index in [2.05, 4.69) is 11.0 Å². The minimum atomic E-state index is 0.241. The Hall–Kier alpha value is -1.26. The molecule has 0 radical (unpaired) electrons. The van der Waals surface area contributed by atoms with Crippen LogP contribution in [0.15, 0.2) is 24.3 Å². The lowest BCUT2D eigenvalue weighted by atomic mass is 10.1. The van der Waals surface area contributed by atoms with Crippen LogP contribution < -0.4 is 15.4 Å². The van der Waals surface area contributed by atoms with Gasteiger partial charge in [0.15, 0.2) is 0 Å². The fraction of sp³-hybridized carbons (Fsp3) is 0.500. The predicted octanol–water partition coefficient (Wildman–Crippen LogP) is 0.859. The van der Waals surface area contributed by atoms with Crippen molar-refractivity contribution in [2.45, 2.75) is 6.04 Å². The lowest BCUT2D eigenvalue weighted by molar-refractivity contribution is 0.0960. The summed E-state index contributed by atoms with van der Waals surface area (Å²) in [4.78, 5) is 2.27. The summed E-state index contributed by atoms with van der Waals surface area (Å²) < 4.78 is 10.8. The Kier molecular flexibility index (Phi) is 3.64. The van der Waals surface area contributed by atoms with Gasteiger partial charge in [-0.05, 0) is 12.1 Å². The van der Waals surface area contributed by atoms with Gasteiger partial charge in [-0.15, -0.1) is 0 Å².